The van der Waals surface area contributed by atoms with Crippen LogP contribution in [0.5, 0.6) is 0 Å². The maximum atomic E-state index is 11.4. The third-order valence-electron chi connectivity index (χ3n) is 3.05. The molecule has 2 atom stereocenters. The second-order valence-corrected chi connectivity index (χ2v) is 3.85. The van der Waals surface area contributed by atoms with Gasteiger partial charge in [-0.2, -0.15) is 0 Å². The van der Waals surface area contributed by atoms with Crippen LogP contribution < -0.4 is 10.2 Å². The number of carbonyl (C=O) groups excluding carboxylic acids is 1. The molecule has 2 unspecified atom stereocenters. The molecule has 2 N–H and O–H groups in total. The predicted molar refractivity (Wildman–Crippen MR) is 46.0 cm³/mol. The Bertz CT molecular complexity index is 181. The average Bonchev–Trinajstić information content (AvgIpc) is 2.30. The molecule has 2 fully saturated rings. The molecule has 0 aromatic rings. The number of carbonyl (C=O) groups is 1. The van der Waals surface area contributed by atoms with Crippen LogP contribution in [0, 0.1) is 0 Å². The first-order chi connectivity index (χ1) is 5.88. The molecule has 0 aromatic heterocycles. The van der Waals surface area contributed by atoms with Crippen LogP contribution in [0.25, 0.3) is 0 Å². The van der Waals surface area contributed by atoms with Gasteiger partial charge in [0, 0.05) is 6.42 Å². The van der Waals surface area contributed by atoms with Crippen molar-refractivity contribution >= 4 is 5.91 Å². The van der Waals surface area contributed by atoms with E-state index in [1.807, 2.05) is 0 Å². The number of quaternary nitrogens is 1. The topological polar surface area (TPSA) is 33.5 Å². The fourth-order valence-corrected chi connectivity index (χ4v) is 2.34. The van der Waals surface area contributed by atoms with Crippen molar-refractivity contribution in [2.75, 3.05) is 19.6 Å². The lowest BCUT2D eigenvalue weighted by molar-refractivity contribution is -0.917. The summed E-state index contributed by atoms with van der Waals surface area (Å²) in [5.41, 5.74) is 0. The van der Waals surface area contributed by atoms with Gasteiger partial charge in [-0.3, -0.25) is 4.79 Å². The molecule has 12 heavy (non-hydrogen) atoms. The molecule has 2 rings (SSSR count). The third kappa shape index (κ3) is 1.46. The molecule has 3 heteroatoms. The molecule has 2 saturated heterocycles. The Kier molecular flexibility index (Phi) is 2.30. The highest BCUT2D eigenvalue weighted by Crippen LogP contribution is 2.06. The van der Waals surface area contributed by atoms with Crippen molar-refractivity contribution in [1.82, 2.24) is 5.32 Å². The van der Waals surface area contributed by atoms with Gasteiger partial charge in [-0.1, -0.05) is 0 Å². The fraction of sp³-hybridized carbons (Fsp3) is 0.889. The maximum Gasteiger partial charge on any atom is 0.278 e. The zero-order valence-corrected chi connectivity index (χ0v) is 7.44. The highest BCUT2D eigenvalue weighted by molar-refractivity contribution is 5.80. The van der Waals surface area contributed by atoms with Crippen molar-refractivity contribution in [2.24, 2.45) is 0 Å². The van der Waals surface area contributed by atoms with E-state index in [0.717, 1.165) is 19.5 Å². The minimum Gasteiger partial charge on any atom is -0.345 e. The van der Waals surface area contributed by atoms with E-state index >= 15 is 0 Å². The van der Waals surface area contributed by atoms with E-state index in [1.54, 1.807) is 0 Å². The SMILES string of the molecule is O=C1NCC[NH+]2CCCCCC12. The molecule has 0 aromatic carbocycles. The lowest BCUT2D eigenvalue weighted by atomic mass is 10.1. The maximum absolute atomic E-state index is 11.4. The summed E-state index contributed by atoms with van der Waals surface area (Å²) < 4.78 is 0. The Morgan fingerprint density at radius 1 is 1.25 bits per heavy atom. The van der Waals surface area contributed by atoms with Gasteiger partial charge in [0.1, 0.15) is 0 Å². The van der Waals surface area contributed by atoms with Crippen LogP contribution in [0.15, 0.2) is 0 Å². The van der Waals surface area contributed by atoms with E-state index in [4.69, 9.17) is 0 Å². The Labute approximate surface area is 73.1 Å². The van der Waals surface area contributed by atoms with Gasteiger partial charge in [0.05, 0.1) is 19.6 Å². The molecule has 2 aliphatic rings. The van der Waals surface area contributed by atoms with Crippen molar-refractivity contribution < 1.29 is 9.69 Å². The molecule has 3 nitrogen and oxygen atoms in total. The molecule has 0 radical (unpaired) electrons. The van der Waals surface area contributed by atoms with Crippen LogP contribution in [0.1, 0.15) is 25.7 Å². The molecule has 68 valence electrons. The summed E-state index contributed by atoms with van der Waals surface area (Å²) in [7, 11) is 0. The fourth-order valence-electron chi connectivity index (χ4n) is 2.34. The van der Waals surface area contributed by atoms with Crippen LogP contribution in [0.2, 0.25) is 0 Å². The Hall–Kier alpha value is -0.570. The van der Waals surface area contributed by atoms with Crippen molar-refractivity contribution in [3.63, 3.8) is 0 Å². The first-order valence-corrected chi connectivity index (χ1v) is 5.00. The van der Waals surface area contributed by atoms with Gasteiger partial charge in [-0.15, -0.1) is 0 Å². The first-order valence-electron chi connectivity index (χ1n) is 5.00. The van der Waals surface area contributed by atoms with Crippen LogP contribution >= 0.6 is 0 Å². The number of rotatable bonds is 0. The van der Waals surface area contributed by atoms with E-state index in [2.05, 4.69) is 5.32 Å². The normalized spacial score (nSPS) is 36.5. The largest absolute Gasteiger partial charge is 0.345 e. The minimum absolute atomic E-state index is 0.279. The number of hydrogen-bond donors (Lipinski definition) is 2. The second kappa shape index (κ2) is 3.44. The molecule has 0 saturated carbocycles. The van der Waals surface area contributed by atoms with Crippen molar-refractivity contribution in [3.05, 3.63) is 0 Å². The summed E-state index contributed by atoms with van der Waals surface area (Å²) in [5, 5.41) is 2.95. The number of amides is 1. The summed E-state index contributed by atoms with van der Waals surface area (Å²) in [6.07, 6.45) is 4.95. The van der Waals surface area contributed by atoms with Gasteiger partial charge >= 0.3 is 0 Å². The predicted octanol–water partition coefficient (Wildman–Crippen LogP) is -1.06. The summed E-state index contributed by atoms with van der Waals surface area (Å²) >= 11 is 0. The van der Waals surface area contributed by atoms with Crippen molar-refractivity contribution in [1.29, 1.82) is 0 Å². The minimum atomic E-state index is 0.279. The molecule has 2 heterocycles. The standard InChI is InChI=1S/C9H16N2O/c12-9-8-4-2-1-3-6-11(8)7-5-10-9/h8H,1-7H2,(H,10,12)/p+1. The van der Waals surface area contributed by atoms with Gasteiger partial charge < -0.3 is 10.2 Å². The van der Waals surface area contributed by atoms with Gasteiger partial charge in [-0.05, 0) is 19.3 Å². The molecular formula is C9H17N2O+. The van der Waals surface area contributed by atoms with Gasteiger partial charge in [-0.25, -0.2) is 0 Å². The number of hydrogen-bond acceptors (Lipinski definition) is 1. The quantitative estimate of drug-likeness (QED) is 0.476. The number of nitrogens with one attached hydrogen (secondary N) is 2. The lowest BCUT2D eigenvalue weighted by Crippen LogP contribution is -3.19. The molecule has 2 aliphatic heterocycles. The molecule has 0 spiro atoms. The summed E-state index contributed by atoms with van der Waals surface area (Å²) in [6.45, 7) is 3.22. The number of piperazine rings is 1. The smallest absolute Gasteiger partial charge is 0.278 e. The zero-order chi connectivity index (χ0) is 8.39. The summed E-state index contributed by atoms with van der Waals surface area (Å²) in [4.78, 5) is 13.0. The van der Waals surface area contributed by atoms with Gasteiger partial charge in [0.25, 0.3) is 5.91 Å². The Balaban J connectivity index is 2.05. The van der Waals surface area contributed by atoms with Crippen LogP contribution in [-0.2, 0) is 4.79 Å². The van der Waals surface area contributed by atoms with E-state index in [1.165, 1.54) is 30.7 Å². The third-order valence-corrected chi connectivity index (χ3v) is 3.05. The number of fused-ring (bicyclic) bond motifs is 1. The monoisotopic (exact) mass is 169 g/mol. The Morgan fingerprint density at radius 3 is 3.08 bits per heavy atom. The highest BCUT2D eigenvalue weighted by Gasteiger charge is 2.33. The van der Waals surface area contributed by atoms with E-state index < -0.39 is 0 Å². The molecular weight excluding hydrogens is 152 g/mol. The highest BCUT2D eigenvalue weighted by atomic mass is 16.2. The van der Waals surface area contributed by atoms with E-state index in [0.29, 0.717) is 0 Å². The van der Waals surface area contributed by atoms with Crippen LogP contribution in [-0.4, -0.2) is 31.6 Å². The molecule has 0 bridgehead atoms. The summed E-state index contributed by atoms with van der Waals surface area (Å²) in [6, 6.07) is 0.279. The van der Waals surface area contributed by atoms with Gasteiger partial charge in [0.15, 0.2) is 6.04 Å². The van der Waals surface area contributed by atoms with Gasteiger partial charge in [0.2, 0.25) is 0 Å². The van der Waals surface area contributed by atoms with Crippen molar-refractivity contribution in [2.45, 2.75) is 31.7 Å². The summed E-state index contributed by atoms with van der Waals surface area (Å²) in [5.74, 6) is 0.290. The second-order valence-electron chi connectivity index (χ2n) is 3.85. The van der Waals surface area contributed by atoms with Crippen LogP contribution in [0.4, 0.5) is 0 Å². The Morgan fingerprint density at radius 2 is 2.17 bits per heavy atom. The lowest BCUT2D eigenvalue weighted by Gasteiger charge is -2.30. The van der Waals surface area contributed by atoms with Crippen molar-refractivity contribution in [3.8, 4) is 0 Å². The average molecular weight is 169 g/mol. The van der Waals surface area contributed by atoms with E-state index in [-0.39, 0.29) is 11.9 Å². The zero-order valence-electron chi connectivity index (χ0n) is 7.44. The van der Waals surface area contributed by atoms with E-state index in [9.17, 15) is 4.79 Å². The molecule has 0 aliphatic carbocycles. The molecule has 1 amide bonds. The first kappa shape index (κ1) is 8.05. The van der Waals surface area contributed by atoms with Crippen LogP contribution in [0.3, 0.4) is 0 Å².